The molecule has 7 heteroatoms. The largest absolute Gasteiger partial charge is 0.444 e. The highest BCUT2D eigenvalue weighted by molar-refractivity contribution is 5.86. The summed E-state index contributed by atoms with van der Waals surface area (Å²) in [5, 5.41) is 5.16. The Morgan fingerprint density at radius 2 is 2.11 bits per heavy atom. The number of hydrogen-bond donors (Lipinski definition) is 2. The fraction of sp³-hybridized carbons (Fsp3) is 0.750. The number of hydrogen-bond acceptors (Lipinski definition) is 4. The van der Waals surface area contributed by atoms with Crippen LogP contribution >= 0.6 is 0 Å². The van der Waals surface area contributed by atoms with Crippen LogP contribution in [0.1, 0.15) is 27.2 Å². The van der Waals surface area contributed by atoms with Crippen LogP contribution < -0.4 is 10.6 Å². The van der Waals surface area contributed by atoms with Gasteiger partial charge in [-0.3, -0.25) is 9.59 Å². The van der Waals surface area contributed by atoms with Crippen LogP contribution in [-0.4, -0.2) is 54.6 Å². The molecule has 0 atom stereocenters. The van der Waals surface area contributed by atoms with Gasteiger partial charge in [0, 0.05) is 26.1 Å². The minimum absolute atomic E-state index is 0.0886. The zero-order valence-electron chi connectivity index (χ0n) is 11.6. The molecule has 0 aromatic carbocycles. The minimum atomic E-state index is -0.556. The highest BCUT2D eigenvalue weighted by Gasteiger charge is 2.21. The normalized spacial score (nSPS) is 15.7. The Morgan fingerprint density at radius 3 is 2.68 bits per heavy atom. The van der Waals surface area contributed by atoms with Crippen LogP contribution in [0.4, 0.5) is 4.79 Å². The zero-order chi connectivity index (χ0) is 14.5. The van der Waals surface area contributed by atoms with E-state index in [1.54, 1.807) is 20.8 Å². The lowest BCUT2D eigenvalue weighted by atomic mass is 10.2. The lowest BCUT2D eigenvalue weighted by molar-refractivity contribution is -0.138. The molecule has 1 heterocycles. The summed E-state index contributed by atoms with van der Waals surface area (Å²) < 4.78 is 5.04. The van der Waals surface area contributed by atoms with Gasteiger partial charge in [0.2, 0.25) is 11.8 Å². The van der Waals surface area contributed by atoms with Crippen molar-refractivity contribution in [2.75, 3.05) is 26.2 Å². The van der Waals surface area contributed by atoms with Gasteiger partial charge in [-0.05, 0) is 20.8 Å². The van der Waals surface area contributed by atoms with Crippen molar-refractivity contribution in [3.05, 3.63) is 0 Å². The van der Waals surface area contributed by atoms with Gasteiger partial charge in [-0.2, -0.15) is 0 Å². The Morgan fingerprint density at radius 1 is 1.42 bits per heavy atom. The monoisotopic (exact) mass is 271 g/mol. The summed E-state index contributed by atoms with van der Waals surface area (Å²) >= 11 is 0. The zero-order valence-corrected chi connectivity index (χ0v) is 11.6. The molecule has 2 N–H and O–H groups in total. The molecule has 7 nitrogen and oxygen atoms in total. The highest BCUT2D eigenvalue weighted by atomic mass is 16.6. The SMILES string of the molecule is CC(C)(C)OC(=O)NCCC(=O)N1CCNC(=O)C1. The van der Waals surface area contributed by atoms with E-state index in [0.29, 0.717) is 13.1 Å². The third-order valence-corrected chi connectivity index (χ3v) is 2.40. The Kier molecular flexibility index (Phi) is 5.14. The van der Waals surface area contributed by atoms with Crippen molar-refractivity contribution < 1.29 is 19.1 Å². The summed E-state index contributed by atoms with van der Waals surface area (Å²) in [5.74, 6) is -0.300. The fourth-order valence-electron chi connectivity index (χ4n) is 1.60. The molecule has 0 unspecified atom stereocenters. The fourth-order valence-corrected chi connectivity index (χ4v) is 1.60. The van der Waals surface area contributed by atoms with Crippen LogP contribution in [0.25, 0.3) is 0 Å². The van der Waals surface area contributed by atoms with Crippen LogP contribution in [0.3, 0.4) is 0 Å². The van der Waals surface area contributed by atoms with E-state index in [1.165, 1.54) is 4.90 Å². The first-order valence-electron chi connectivity index (χ1n) is 6.29. The smallest absolute Gasteiger partial charge is 0.407 e. The molecule has 1 fully saturated rings. The van der Waals surface area contributed by atoms with Crippen LogP contribution in [0.2, 0.25) is 0 Å². The van der Waals surface area contributed by atoms with E-state index in [2.05, 4.69) is 10.6 Å². The molecule has 19 heavy (non-hydrogen) atoms. The first-order valence-corrected chi connectivity index (χ1v) is 6.29. The van der Waals surface area contributed by atoms with Crippen molar-refractivity contribution in [1.82, 2.24) is 15.5 Å². The second-order valence-corrected chi connectivity index (χ2v) is 5.34. The number of nitrogens with one attached hydrogen (secondary N) is 2. The van der Waals surface area contributed by atoms with Gasteiger partial charge in [0.1, 0.15) is 5.60 Å². The number of rotatable bonds is 3. The van der Waals surface area contributed by atoms with E-state index < -0.39 is 11.7 Å². The Balaban J connectivity index is 2.23. The molecular weight excluding hydrogens is 250 g/mol. The number of carbonyl (C=O) groups is 3. The molecule has 1 aliphatic heterocycles. The molecule has 108 valence electrons. The van der Waals surface area contributed by atoms with Gasteiger partial charge >= 0.3 is 6.09 Å². The van der Waals surface area contributed by atoms with Crippen LogP contribution in [0.5, 0.6) is 0 Å². The number of carbonyl (C=O) groups excluding carboxylic acids is 3. The molecule has 0 spiro atoms. The predicted molar refractivity (Wildman–Crippen MR) is 68.4 cm³/mol. The molecule has 1 saturated heterocycles. The molecule has 1 rings (SSSR count). The quantitative estimate of drug-likeness (QED) is 0.748. The molecule has 0 radical (unpaired) electrons. The maximum absolute atomic E-state index is 11.8. The summed E-state index contributed by atoms with van der Waals surface area (Å²) in [7, 11) is 0. The van der Waals surface area contributed by atoms with Crippen molar-refractivity contribution >= 4 is 17.9 Å². The lowest BCUT2D eigenvalue weighted by Gasteiger charge is -2.26. The van der Waals surface area contributed by atoms with E-state index in [9.17, 15) is 14.4 Å². The summed E-state index contributed by atoms with van der Waals surface area (Å²) in [6.07, 6.45) is -0.385. The predicted octanol–water partition coefficient (Wildman–Crippen LogP) is -0.140. The molecule has 0 aromatic rings. The molecule has 1 aliphatic rings. The molecule has 0 saturated carbocycles. The van der Waals surface area contributed by atoms with Crippen LogP contribution in [0, 0.1) is 0 Å². The molecular formula is C12H21N3O4. The van der Waals surface area contributed by atoms with E-state index in [0.717, 1.165) is 0 Å². The second-order valence-electron chi connectivity index (χ2n) is 5.34. The van der Waals surface area contributed by atoms with E-state index in [4.69, 9.17) is 4.74 Å². The number of piperazine rings is 1. The Labute approximate surface area is 112 Å². The molecule has 3 amide bonds. The maximum Gasteiger partial charge on any atom is 0.407 e. The topological polar surface area (TPSA) is 87.7 Å². The first kappa shape index (κ1) is 15.3. The van der Waals surface area contributed by atoms with E-state index in [-0.39, 0.29) is 31.3 Å². The second kappa shape index (κ2) is 6.40. The summed E-state index contributed by atoms with van der Waals surface area (Å²) in [6.45, 7) is 6.58. The van der Waals surface area contributed by atoms with Gasteiger partial charge in [0.05, 0.1) is 6.54 Å². The minimum Gasteiger partial charge on any atom is -0.444 e. The van der Waals surface area contributed by atoms with Gasteiger partial charge in [0.25, 0.3) is 0 Å². The van der Waals surface area contributed by atoms with Gasteiger partial charge in [-0.25, -0.2) is 4.79 Å². The van der Waals surface area contributed by atoms with Crippen LogP contribution in [0.15, 0.2) is 0 Å². The third kappa shape index (κ3) is 6.08. The summed E-state index contributed by atoms with van der Waals surface area (Å²) in [6, 6.07) is 0. The number of alkyl carbamates (subject to hydrolysis) is 1. The van der Waals surface area contributed by atoms with Gasteiger partial charge in [0.15, 0.2) is 0 Å². The van der Waals surface area contributed by atoms with Gasteiger partial charge in [-0.1, -0.05) is 0 Å². The molecule has 0 aliphatic carbocycles. The van der Waals surface area contributed by atoms with E-state index >= 15 is 0 Å². The van der Waals surface area contributed by atoms with Gasteiger partial charge < -0.3 is 20.3 Å². The van der Waals surface area contributed by atoms with Crippen LogP contribution in [-0.2, 0) is 14.3 Å². The van der Waals surface area contributed by atoms with Crippen molar-refractivity contribution in [3.8, 4) is 0 Å². The molecule has 0 bridgehead atoms. The Hall–Kier alpha value is -1.79. The standard InChI is InChI=1S/C12H21N3O4/c1-12(2,3)19-11(18)14-5-4-10(17)15-7-6-13-9(16)8-15/h4-8H2,1-3H3,(H,13,16)(H,14,18). The van der Waals surface area contributed by atoms with Crippen molar-refractivity contribution in [2.45, 2.75) is 32.8 Å². The van der Waals surface area contributed by atoms with Crippen molar-refractivity contribution in [3.63, 3.8) is 0 Å². The Bertz CT molecular complexity index is 362. The average Bonchev–Trinajstić information content (AvgIpc) is 2.26. The summed E-state index contributed by atoms with van der Waals surface area (Å²) in [4.78, 5) is 35.7. The molecule has 0 aromatic heterocycles. The lowest BCUT2D eigenvalue weighted by Crippen LogP contribution is -2.50. The van der Waals surface area contributed by atoms with Crippen molar-refractivity contribution in [2.24, 2.45) is 0 Å². The average molecular weight is 271 g/mol. The number of nitrogens with zero attached hydrogens (tertiary/aromatic N) is 1. The third-order valence-electron chi connectivity index (χ3n) is 2.40. The highest BCUT2D eigenvalue weighted by Crippen LogP contribution is 2.06. The number of amides is 3. The van der Waals surface area contributed by atoms with Crippen molar-refractivity contribution in [1.29, 1.82) is 0 Å². The summed E-state index contributed by atoms with van der Waals surface area (Å²) in [5.41, 5.74) is -0.556. The van der Waals surface area contributed by atoms with E-state index in [1.807, 2.05) is 0 Å². The van der Waals surface area contributed by atoms with Gasteiger partial charge in [-0.15, -0.1) is 0 Å². The first-order chi connectivity index (χ1) is 8.78. The maximum atomic E-state index is 11.8. The number of ether oxygens (including phenoxy) is 1.